The number of carbonyl (C=O) groups excluding carboxylic acids is 1. The maximum atomic E-state index is 11.5. The molecule has 0 fully saturated rings. The summed E-state index contributed by atoms with van der Waals surface area (Å²) in [5.41, 5.74) is 5.97. The first-order valence-corrected chi connectivity index (χ1v) is 5.02. The minimum absolute atomic E-state index is 0.199. The van der Waals surface area contributed by atoms with Gasteiger partial charge in [0.25, 0.3) is 0 Å². The van der Waals surface area contributed by atoms with Crippen LogP contribution in [0.25, 0.3) is 0 Å². The molecule has 0 bridgehead atoms. The molecule has 0 spiro atoms. The first-order chi connectivity index (χ1) is 5.74. The zero-order valence-corrected chi connectivity index (χ0v) is 9.55. The topological polar surface area (TPSA) is 43.1 Å². The van der Waals surface area contributed by atoms with Crippen LogP contribution in [0.4, 0.5) is 0 Å². The van der Waals surface area contributed by atoms with Crippen molar-refractivity contribution in [2.45, 2.75) is 53.5 Å². The summed E-state index contributed by atoms with van der Waals surface area (Å²) >= 11 is 0. The molecule has 0 aliphatic rings. The fourth-order valence-corrected chi connectivity index (χ4v) is 1.04. The molecule has 13 heavy (non-hydrogen) atoms. The number of hydrogen-bond donors (Lipinski definition) is 1. The van der Waals surface area contributed by atoms with E-state index in [9.17, 15) is 4.79 Å². The van der Waals surface area contributed by atoms with Crippen LogP contribution in [0.1, 0.15) is 47.5 Å². The SMILES string of the molecule is CC(C)[C@H](N)C(=O)CCC(C)(C)C. The summed E-state index contributed by atoms with van der Waals surface area (Å²) in [5, 5.41) is 0. The second-order valence-corrected chi connectivity index (χ2v) is 5.30. The first kappa shape index (κ1) is 12.6. The number of carbonyl (C=O) groups is 1. The number of hydrogen-bond acceptors (Lipinski definition) is 2. The van der Waals surface area contributed by atoms with Crippen LogP contribution in [-0.2, 0) is 4.79 Å². The molecule has 1 atom stereocenters. The number of ketones is 1. The van der Waals surface area contributed by atoms with Crippen molar-refractivity contribution in [3.63, 3.8) is 0 Å². The van der Waals surface area contributed by atoms with E-state index in [0.29, 0.717) is 6.42 Å². The third-order valence-electron chi connectivity index (χ3n) is 2.21. The molecule has 0 aromatic carbocycles. The molecule has 0 rings (SSSR count). The lowest BCUT2D eigenvalue weighted by atomic mass is 9.87. The third-order valence-corrected chi connectivity index (χ3v) is 2.21. The second kappa shape index (κ2) is 4.75. The van der Waals surface area contributed by atoms with E-state index in [1.54, 1.807) is 0 Å². The summed E-state index contributed by atoms with van der Waals surface area (Å²) in [6.45, 7) is 10.4. The van der Waals surface area contributed by atoms with Crippen LogP contribution >= 0.6 is 0 Å². The van der Waals surface area contributed by atoms with E-state index >= 15 is 0 Å². The Morgan fingerprint density at radius 3 is 2.08 bits per heavy atom. The Labute approximate surface area is 81.9 Å². The predicted molar refractivity (Wildman–Crippen MR) is 56.5 cm³/mol. The molecule has 2 nitrogen and oxygen atoms in total. The molecule has 0 aliphatic carbocycles. The van der Waals surface area contributed by atoms with Gasteiger partial charge in [-0.1, -0.05) is 34.6 Å². The van der Waals surface area contributed by atoms with Gasteiger partial charge >= 0.3 is 0 Å². The van der Waals surface area contributed by atoms with E-state index in [-0.39, 0.29) is 23.2 Å². The van der Waals surface area contributed by atoms with Gasteiger partial charge in [-0.15, -0.1) is 0 Å². The molecule has 0 saturated carbocycles. The van der Waals surface area contributed by atoms with Gasteiger partial charge in [-0.05, 0) is 17.8 Å². The van der Waals surface area contributed by atoms with Gasteiger partial charge in [-0.3, -0.25) is 4.79 Å². The normalized spacial score (nSPS) is 14.7. The lowest BCUT2D eigenvalue weighted by Gasteiger charge is -2.20. The molecule has 2 heteroatoms. The van der Waals surface area contributed by atoms with E-state index in [0.717, 1.165) is 6.42 Å². The van der Waals surface area contributed by atoms with Gasteiger partial charge in [0.15, 0.2) is 0 Å². The summed E-state index contributed by atoms with van der Waals surface area (Å²) in [6, 6.07) is -0.276. The predicted octanol–water partition coefficient (Wildman–Crippen LogP) is 2.37. The smallest absolute Gasteiger partial charge is 0.149 e. The standard InChI is InChI=1S/C11H23NO/c1-8(2)10(12)9(13)6-7-11(3,4)5/h8,10H,6-7,12H2,1-5H3/t10-/m0/s1. The van der Waals surface area contributed by atoms with Gasteiger partial charge < -0.3 is 5.73 Å². The zero-order chi connectivity index (χ0) is 10.6. The second-order valence-electron chi connectivity index (χ2n) is 5.30. The Bertz CT molecular complexity index is 167. The lowest BCUT2D eigenvalue weighted by molar-refractivity contribution is -0.121. The van der Waals surface area contributed by atoms with Gasteiger partial charge in [0.2, 0.25) is 0 Å². The average Bonchev–Trinajstić information content (AvgIpc) is 1.97. The van der Waals surface area contributed by atoms with E-state index < -0.39 is 0 Å². The maximum Gasteiger partial charge on any atom is 0.149 e. The molecule has 78 valence electrons. The monoisotopic (exact) mass is 185 g/mol. The Balaban J connectivity index is 3.89. The van der Waals surface area contributed by atoms with Crippen LogP contribution in [0.2, 0.25) is 0 Å². The molecule has 0 radical (unpaired) electrons. The van der Waals surface area contributed by atoms with E-state index in [4.69, 9.17) is 5.73 Å². The summed E-state index contributed by atoms with van der Waals surface area (Å²) < 4.78 is 0. The highest BCUT2D eigenvalue weighted by Crippen LogP contribution is 2.21. The number of rotatable bonds is 4. The largest absolute Gasteiger partial charge is 0.321 e. The van der Waals surface area contributed by atoms with E-state index in [1.165, 1.54) is 0 Å². The molecule has 2 N–H and O–H groups in total. The van der Waals surface area contributed by atoms with E-state index in [1.807, 2.05) is 13.8 Å². The van der Waals surface area contributed by atoms with Crippen molar-refractivity contribution in [2.24, 2.45) is 17.1 Å². The Kier molecular flexibility index (Phi) is 4.62. The molecule has 0 amide bonds. The van der Waals surface area contributed by atoms with Crippen molar-refractivity contribution in [1.82, 2.24) is 0 Å². The van der Waals surface area contributed by atoms with Crippen LogP contribution in [0.3, 0.4) is 0 Å². The van der Waals surface area contributed by atoms with Gasteiger partial charge in [0.05, 0.1) is 6.04 Å². The van der Waals surface area contributed by atoms with Crippen LogP contribution < -0.4 is 5.73 Å². The van der Waals surface area contributed by atoms with Crippen LogP contribution in [0.5, 0.6) is 0 Å². The Hall–Kier alpha value is -0.370. The molecule has 0 aromatic heterocycles. The molecule has 0 aromatic rings. The van der Waals surface area contributed by atoms with Gasteiger partial charge in [-0.2, -0.15) is 0 Å². The molecule has 0 saturated heterocycles. The van der Waals surface area contributed by atoms with Crippen LogP contribution in [0, 0.1) is 11.3 Å². The summed E-state index contributed by atoms with van der Waals surface area (Å²) in [6.07, 6.45) is 1.54. The fraction of sp³-hybridized carbons (Fsp3) is 0.909. The molecular weight excluding hydrogens is 162 g/mol. The molecule has 0 aliphatic heterocycles. The van der Waals surface area contributed by atoms with Crippen molar-refractivity contribution in [2.75, 3.05) is 0 Å². The molecule has 0 unspecified atom stereocenters. The minimum Gasteiger partial charge on any atom is -0.321 e. The zero-order valence-electron chi connectivity index (χ0n) is 9.55. The van der Waals surface area contributed by atoms with E-state index in [2.05, 4.69) is 20.8 Å². The highest BCUT2D eigenvalue weighted by molar-refractivity contribution is 5.83. The third kappa shape index (κ3) is 5.81. The number of Topliss-reactive ketones (excluding diaryl/α,β-unsaturated/α-hetero) is 1. The van der Waals surface area contributed by atoms with Crippen LogP contribution in [-0.4, -0.2) is 11.8 Å². The summed E-state index contributed by atoms with van der Waals surface area (Å²) in [7, 11) is 0. The van der Waals surface area contributed by atoms with Gasteiger partial charge in [-0.25, -0.2) is 0 Å². The fourth-order valence-electron chi connectivity index (χ4n) is 1.04. The maximum absolute atomic E-state index is 11.5. The molecule has 0 heterocycles. The minimum atomic E-state index is -0.276. The molecular formula is C11H23NO. The van der Waals surface area contributed by atoms with Crippen molar-refractivity contribution >= 4 is 5.78 Å². The van der Waals surface area contributed by atoms with Gasteiger partial charge in [0.1, 0.15) is 5.78 Å². The Morgan fingerprint density at radius 1 is 1.31 bits per heavy atom. The van der Waals surface area contributed by atoms with Gasteiger partial charge in [0, 0.05) is 6.42 Å². The highest BCUT2D eigenvalue weighted by atomic mass is 16.1. The van der Waals surface area contributed by atoms with Crippen molar-refractivity contribution in [3.05, 3.63) is 0 Å². The summed E-state index contributed by atoms with van der Waals surface area (Å²) in [4.78, 5) is 11.5. The van der Waals surface area contributed by atoms with Crippen molar-refractivity contribution in [3.8, 4) is 0 Å². The average molecular weight is 185 g/mol. The highest BCUT2D eigenvalue weighted by Gasteiger charge is 2.19. The number of nitrogens with two attached hydrogens (primary N) is 1. The quantitative estimate of drug-likeness (QED) is 0.730. The van der Waals surface area contributed by atoms with Crippen molar-refractivity contribution < 1.29 is 4.79 Å². The first-order valence-electron chi connectivity index (χ1n) is 5.02. The van der Waals surface area contributed by atoms with Crippen molar-refractivity contribution in [1.29, 1.82) is 0 Å². The Morgan fingerprint density at radius 2 is 1.77 bits per heavy atom. The summed E-state index contributed by atoms with van der Waals surface area (Å²) in [5.74, 6) is 0.456. The van der Waals surface area contributed by atoms with Crippen LogP contribution in [0.15, 0.2) is 0 Å². The lowest BCUT2D eigenvalue weighted by Crippen LogP contribution is -2.35.